The van der Waals surface area contributed by atoms with E-state index in [0.717, 1.165) is 50.8 Å². The summed E-state index contributed by atoms with van der Waals surface area (Å²) in [4.78, 5) is 26.2. The first-order chi connectivity index (χ1) is 12.6. The second-order valence-corrected chi connectivity index (χ2v) is 7.57. The molecule has 0 radical (unpaired) electrons. The van der Waals surface area contributed by atoms with Gasteiger partial charge in [-0.1, -0.05) is 25.1 Å². The van der Waals surface area contributed by atoms with Crippen molar-refractivity contribution in [3.05, 3.63) is 30.2 Å². The zero-order valence-electron chi connectivity index (χ0n) is 15.6. The number of carbonyl (C=O) groups is 2. The molecule has 6 nitrogen and oxygen atoms in total. The quantitative estimate of drug-likeness (QED) is 0.599. The number of carbonyl (C=O) groups excluding carboxylic acids is 2. The third-order valence-corrected chi connectivity index (χ3v) is 5.79. The van der Waals surface area contributed by atoms with E-state index in [1.165, 1.54) is 12.5 Å². The average Bonchev–Trinajstić information content (AvgIpc) is 3.06. The van der Waals surface area contributed by atoms with Gasteiger partial charge in [-0.05, 0) is 50.5 Å². The van der Waals surface area contributed by atoms with E-state index in [1.807, 2.05) is 11.0 Å². The number of nitrogens with zero attached hydrogens (tertiary/aromatic N) is 2. The Morgan fingerprint density at radius 1 is 1.38 bits per heavy atom. The minimum absolute atomic E-state index is 0.0222. The van der Waals surface area contributed by atoms with Crippen LogP contribution in [-0.2, 0) is 4.79 Å². The maximum absolute atomic E-state index is 13.0. The van der Waals surface area contributed by atoms with Crippen LogP contribution in [0.25, 0.3) is 0 Å². The summed E-state index contributed by atoms with van der Waals surface area (Å²) >= 11 is 0. The van der Waals surface area contributed by atoms with Crippen molar-refractivity contribution in [2.75, 3.05) is 13.1 Å². The van der Waals surface area contributed by atoms with E-state index in [-0.39, 0.29) is 17.9 Å². The molecule has 1 aliphatic heterocycles. The summed E-state index contributed by atoms with van der Waals surface area (Å²) in [6.45, 7) is 7.02. The van der Waals surface area contributed by atoms with Crippen LogP contribution >= 0.6 is 0 Å². The van der Waals surface area contributed by atoms with E-state index in [1.54, 1.807) is 0 Å². The Hall–Kier alpha value is -2.11. The molecule has 1 aromatic rings. The second-order valence-electron chi connectivity index (χ2n) is 7.57. The smallest absolute Gasteiger partial charge is 0.276 e. The van der Waals surface area contributed by atoms with Crippen molar-refractivity contribution in [1.82, 2.24) is 15.4 Å². The van der Waals surface area contributed by atoms with Gasteiger partial charge >= 0.3 is 0 Å². The second kappa shape index (κ2) is 8.52. The third kappa shape index (κ3) is 4.17. The van der Waals surface area contributed by atoms with Crippen molar-refractivity contribution >= 4 is 11.8 Å². The molecule has 0 aromatic carbocycles. The molecule has 1 saturated heterocycles. The number of nitrogens with one attached hydrogen (secondary N) is 1. The van der Waals surface area contributed by atoms with Crippen LogP contribution in [-0.4, -0.2) is 41.0 Å². The fraction of sp³-hybridized carbons (Fsp3) is 0.650. The van der Waals surface area contributed by atoms with E-state index in [4.69, 9.17) is 4.52 Å². The standard InChI is InChI=1S/C20H29N3O3/c1-3-19(24)21-11-5-10-17-14(2)7-6-12-23(17)20(25)16-13-18(26-22-16)15-8-4-9-15/h3,13-15,17H,1,4-12H2,2H3,(H,21,24)/t14-,17-/m1/s1. The van der Waals surface area contributed by atoms with Crippen LogP contribution < -0.4 is 5.32 Å². The summed E-state index contributed by atoms with van der Waals surface area (Å²) in [5.74, 6) is 1.56. The summed E-state index contributed by atoms with van der Waals surface area (Å²) in [7, 11) is 0. The van der Waals surface area contributed by atoms with Gasteiger partial charge < -0.3 is 14.7 Å². The zero-order valence-corrected chi connectivity index (χ0v) is 15.6. The number of hydrogen-bond acceptors (Lipinski definition) is 4. The third-order valence-electron chi connectivity index (χ3n) is 5.79. The van der Waals surface area contributed by atoms with Gasteiger partial charge in [0.2, 0.25) is 5.91 Å². The fourth-order valence-electron chi connectivity index (χ4n) is 3.96. The van der Waals surface area contributed by atoms with Crippen molar-refractivity contribution in [2.45, 2.75) is 63.8 Å². The Labute approximate surface area is 155 Å². The number of hydrogen-bond donors (Lipinski definition) is 1. The van der Waals surface area contributed by atoms with Crippen LogP contribution in [0.3, 0.4) is 0 Å². The molecule has 2 heterocycles. The monoisotopic (exact) mass is 359 g/mol. The lowest BCUT2D eigenvalue weighted by Gasteiger charge is -2.40. The number of amides is 2. The highest BCUT2D eigenvalue weighted by atomic mass is 16.5. The minimum Gasteiger partial charge on any atom is -0.360 e. The first-order valence-electron chi connectivity index (χ1n) is 9.78. The highest BCUT2D eigenvalue weighted by molar-refractivity contribution is 5.92. The van der Waals surface area contributed by atoms with Crippen molar-refractivity contribution in [1.29, 1.82) is 0 Å². The number of rotatable bonds is 7. The SMILES string of the molecule is C=CC(=O)NCCC[C@@H]1[C@H](C)CCCN1C(=O)c1cc(C2CCC2)on1. The normalized spacial score (nSPS) is 23.3. The van der Waals surface area contributed by atoms with Crippen LogP contribution in [0, 0.1) is 5.92 Å². The largest absolute Gasteiger partial charge is 0.360 e. The maximum Gasteiger partial charge on any atom is 0.276 e. The van der Waals surface area contributed by atoms with E-state index in [9.17, 15) is 9.59 Å². The summed E-state index contributed by atoms with van der Waals surface area (Å²) < 4.78 is 5.43. The van der Waals surface area contributed by atoms with E-state index in [2.05, 4.69) is 24.0 Å². The van der Waals surface area contributed by atoms with E-state index < -0.39 is 0 Å². The molecule has 1 saturated carbocycles. The summed E-state index contributed by atoms with van der Waals surface area (Å²) in [6.07, 6.45) is 8.61. The molecule has 1 aromatic heterocycles. The molecule has 2 atom stereocenters. The first-order valence-corrected chi connectivity index (χ1v) is 9.78. The molecule has 0 spiro atoms. The van der Waals surface area contributed by atoms with Crippen molar-refractivity contribution < 1.29 is 14.1 Å². The summed E-state index contributed by atoms with van der Waals surface area (Å²) in [6, 6.07) is 2.02. The summed E-state index contributed by atoms with van der Waals surface area (Å²) in [5.41, 5.74) is 0.436. The molecule has 142 valence electrons. The molecule has 2 aliphatic rings. The van der Waals surface area contributed by atoms with Gasteiger partial charge in [-0.3, -0.25) is 9.59 Å². The maximum atomic E-state index is 13.0. The van der Waals surface area contributed by atoms with Gasteiger partial charge in [0.25, 0.3) is 5.91 Å². The van der Waals surface area contributed by atoms with Gasteiger partial charge in [0.05, 0.1) is 0 Å². The molecule has 2 fully saturated rings. The van der Waals surface area contributed by atoms with Crippen LogP contribution in [0.5, 0.6) is 0 Å². The molecule has 2 amide bonds. The lowest BCUT2D eigenvalue weighted by atomic mass is 9.83. The molecular weight excluding hydrogens is 330 g/mol. The molecule has 6 heteroatoms. The van der Waals surface area contributed by atoms with Gasteiger partial charge in [0, 0.05) is 31.1 Å². The minimum atomic E-state index is -0.152. The topological polar surface area (TPSA) is 75.4 Å². The molecule has 0 unspecified atom stereocenters. The van der Waals surface area contributed by atoms with Gasteiger partial charge in [-0.2, -0.15) is 0 Å². The van der Waals surface area contributed by atoms with E-state index >= 15 is 0 Å². The predicted octanol–water partition coefficient (Wildman–Crippen LogP) is 3.27. The Bertz CT molecular complexity index is 650. The Morgan fingerprint density at radius 3 is 2.88 bits per heavy atom. The number of piperidine rings is 1. The van der Waals surface area contributed by atoms with Crippen LogP contribution in [0.4, 0.5) is 0 Å². The summed E-state index contributed by atoms with van der Waals surface area (Å²) in [5, 5.41) is 6.85. The van der Waals surface area contributed by atoms with Gasteiger partial charge in [0.1, 0.15) is 5.76 Å². The zero-order chi connectivity index (χ0) is 18.5. The molecular formula is C20H29N3O3. The number of aromatic nitrogens is 1. The van der Waals surface area contributed by atoms with Gasteiger partial charge in [-0.15, -0.1) is 0 Å². The fourth-order valence-corrected chi connectivity index (χ4v) is 3.96. The highest BCUT2D eigenvalue weighted by Gasteiger charge is 2.34. The highest BCUT2D eigenvalue weighted by Crippen LogP contribution is 2.37. The van der Waals surface area contributed by atoms with Crippen LogP contribution in [0.2, 0.25) is 0 Å². The lowest BCUT2D eigenvalue weighted by molar-refractivity contribution is -0.116. The van der Waals surface area contributed by atoms with Crippen molar-refractivity contribution in [3.63, 3.8) is 0 Å². The molecule has 26 heavy (non-hydrogen) atoms. The lowest BCUT2D eigenvalue weighted by Crippen LogP contribution is -2.48. The van der Waals surface area contributed by atoms with Gasteiger partial charge in [0.15, 0.2) is 5.69 Å². The average molecular weight is 359 g/mol. The van der Waals surface area contributed by atoms with Gasteiger partial charge in [-0.25, -0.2) is 0 Å². The molecule has 1 aliphatic carbocycles. The van der Waals surface area contributed by atoms with Crippen molar-refractivity contribution in [2.24, 2.45) is 5.92 Å². The van der Waals surface area contributed by atoms with E-state index in [0.29, 0.717) is 24.1 Å². The Morgan fingerprint density at radius 2 is 2.19 bits per heavy atom. The Kier molecular flexibility index (Phi) is 6.12. The molecule has 1 N–H and O–H groups in total. The first kappa shape index (κ1) is 18.7. The van der Waals surface area contributed by atoms with Crippen LogP contribution in [0.15, 0.2) is 23.2 Å². The van der Waals surface area contributed by atoms with Crippen LogP contribution in [0.1, 0.15) is 74.0 Å². The molecule has 3 rings (SSSR count). The van der Waals surface area contributed by atoms with Crippen molar-refractivity contribution in [3.8, 4) is 0 Å². The predicted molar refractivity (Wildman–Crippen MR) is 98.8 cm³/mol. The Balaban J connectivity index is 1.61. The molecule has 0 bridgehead atoms. The number of likely N-dealkylation sites (tertiary alicyclic amines) is 1.